The zero-order chi connectivity index (χ0) is 20.9. The van der Waals surface area contributed by atoms with Gasteiger partial charge >= 0.3 is 5.97 Å². The maximum Gasteiger partial charge on any atom is 0.336 e. The average Bonchev–Trinajstić information content (AvgIpc) is 2.71. The Hall–Kier alpha value is -2.66. The number of hydrogen-bond donors (Lipinski definition) is 2. The summed E-state index contributed by atoms with van der Waals surface area (Å²) in [6.07, 6.45) is 2.77. The summed E-state index contributed by atoms with van der Waals surface area (Å²) in [5.41, 5.74) is 1.36. The maximum atomic E-state index is 12.6. The molecule has 5 nitrogen and oxygen atoms in total. The molecule has 3 rings (SSSR count). The Morgan fingerprint density at radius 2 is 1.76 bits per heavy atom. The first kappa shape index (κ1) is 21.1. The normalized spacial score (nSPS) is 19.3. The van der Waals surface area contributed by atoms with Crippen LogP contribution in [-0.2, 0) is 4.74 Å². The lowest BCUT2D eigenvalue weighted by molar-refractivity contribution is -0.0771. The molecule has 2 aromatic rings. The van der Waals surface area contributed by atoms with Crippen LogP contribution in [0.15, 0.2) is 54.6 Å². The Kier molecular flexibility index (Phi) is 6.70. The van der Waals surface area contributed by atoms with Gasteiger partial charge < -0.3 is 15.2 Å². The van der Waals surface area contributed by atoms with Gasteiger partial charge in [-0.2, -0.15) is 0 Å². The first-order valence-corrected chi connectivity index (χ1v) is 10.2. The molecule has 1 saturated heterocycles. The fraction of sp³-hybridized carbons (Fsp3) is 0.417. The number of carboxylic acid groups (broad SMARTS) is 1. The third-order valence-electron chi connectivity index (χ3n) is 5.67. The van der Waals surface area contributed by atoms with E-state index in [0.717, 1.165) is 25.9 Å². The number of carboxylic acids is 1. The minimum atomic E-state index is -1.10. The van der Waals surface area contributed by atoms with Crippen LogP contribution in [-0.4, -0.2) is 35.7 Å². The minimum Gasteiger partial charge on any atom is -0.478 e. The molecular weight excluding hydrogens is 366 g/mol. The Labute approximate surface area is 172 Å². The summed E-state index contributed by atoms with van der Waals surface area (Å²) in [6, 6.07) is 16.7. The van der Waals surface area contributed by atoms with Gasteiger partial charge in [-0.15, -0.1) is 0 Å². The van der Waals surface area contributed by atoms with E-state index in [-0.39, 0.29) is 22.6 Å². The smallest absolute Gasteiger partial charge is 0.336 e. The zero-order valence-electron chi connectivity index (χ0n) is 17.1. The van der Waals surface area contributed by atoms with Gasteiger partial charge in [0.2, 0.25) is 0 Å². The average molecular weight is 395 g/mol. The van der Waals surface area contributed by atoms with E-state index in [9.17, 15) is 14.7 Å². The fourth-order valence-electron chi connectivity index (χ4n) is 4.30. The number of aromatic carboxylic acids is 1. The van der Waals surface area contributed by atoms with Crippen molar-refractivity contribution >= 4 is 11.9 Å². The maximum absolute atomic E-state index is 12.6. The van der Waals surface area contributed by atoms with Crippen LogP contribution in [0.5, 0.6) is 0 Å². The predicted octanol–water partition coefficient (Wildman–Crippen LogP) is 4.49. The van der Waals surface area contributed by atoms with Crippen molar-refractivity contribution in [2.45, 2.75) is 44.6 Å². The molecule has 2 N–H and O–H groups in total. The lowest BCUT2D eigenvalue weighted by atomic mass is 9.75. The van der Waals surface area contributed by atoms with Crippen molar-refractivity contribution in [2.24, 2.45) is 5.92 Å². The van der Waals surface area contributed by atoms with Crippen molar-refractivity contribution in [3.63, 3.8) is 0 Å². The highest BCUT2D eigenvalue weighted by atomic mass is 16.5. The van der Waals surface area contributed by atoms with Crippen LogP contribution in [0.3, 0.4) is 0 Å². The summed E-state index contributed by atoms with van der Waals surface area (Å²) in [7, 11) is 0. The van der Waals surface area contributed by atoms with Crippen molar-refractivity contribution in [3.05, 3.63) is 71.3 Å². The summed E-state index contributed by atoms with van der Waals surface area (Å²) in [5.74, 6) is -0.650. The van der Waals surface area contributed by atoms with Gasteiger partial charge in [-0.05, 0) is 62.6 Å². The fourth-order valence-corrected chi connectivity index (χ4v) is 4.30. The van der Waals surface area contributed by atoms with Crippen LogP contribution >= 0.6 is 0 Å². The molecule has 2 aromatic carbocycles. The van der Waals surface area contributed by atoms with Gasteiger partial charge in [0.1, 0.15) is 0 Å². The predicted molar refractivity (Wildman–Crippen MR) is 112 cm³/mol. The molecule has 0 radical (unpaired) electrons. The Morgan fingerprint density at radius 3 is 2.41 bits per heavy atom. The topological polar surface area (TPSA) is 75.6 Å². The number of carbonyl (C=O) groups excluding carboxylic acids is 1. The van der Waals surface area contributed by atoms with Crippen LogP contribution in [0.1, 0.15) is 65.3 Å². The molecule has 1 fully saturated rings. The third-order valence-corrected chi connectivity index (χ3v) is 5.67. The van der Waals surface area contributed by atoms with Gasteiger partial charge in [0.05, 0.1) is 16.7 Å². The highest BCUT2D eigenvalue weighted by Crippen LogP contribution is 2.39. The molecule has 5 heteroatoms. The van der Waals surface area contributed by atoms with Crippen LogP contribution in [0.4, 0.5) is 0 Å². The molecule has 154 valence electrons. The molecule has 1 heterocycles. The Bertz CT molecular complexity index is 847. The molecule has 1 aliphatic rings. The standard InChI is InChI=1S/C24H29NO4/c1-24(2)16-18(13-15-29-24)19(17-8-4-3-5-9-17)12-14-25-22(26)20-10-6-7-11-21(20)23(27)28/h3-11,18-19H,12-16H2,1-2H3,(H,25,26)(H,27,28)/t18-,19-/m0/s1. The molecule has 0 saturated carbocycles. The van der Waals surface area contributed by atoms with Crippen molar-refractivity contribution in [1.82, 2.24) is 5.32 Å². The van der Waals surface area contributed by atoms with Gasteiger partial charge in [0.25, 0.3) is 5.91 Å². The number of hydrogen-bond acceptors (Lipinski definition) is 3. The first-order valence-electron chi connectivity index (χ1n) is 10.2. The van der Waals surface area contributed by atoms with Crippen LogP contribution in [0.2, 0.25) is 0 Å². The summed E-state index contributed by atoms with van der Waals surface area (Å²) in [5, 5.41) is 12.2. The SMILES string of the molecule is CC1(C)C[C@@H]([C@@H](CCNC(=O)c2ccccc2C(=O)O)c2ccccc2)CCO1. The summed E-state index contributed by atoms with van der Waals surface area (Å²) in [4.78, 5) is 23.9. The number of nitrogens with one attached hydrogen (secondary N) is 1. The molecule has 0 unspecified atom stereocenters. The van der Waals surface area contributed by atoms with Crippen molar-refractivity contribution in [1.29, 1.82) is 0 Å². The second-order valence-corrected chi connectivity index (χ2v) is 8.27. The van der Waals surface area contributed by atoms with E-state index in [4.69, 9.17) is 4.74 Å². The van der Waals surface area contributed by atoms with Gasteiger partial charge in [-0.25, -0.2) is 4.79 Å². The van der Waals surface area contributed by atoms with Crippen LogP contribution in [0.25, 0.3) is 0 Å². The molecule has 0 spiro atoms. The highest BCUT2D eigenvalue weighted by Gasteiger charge is 2.34. The van der Waals surface area contributed by atoms with E-state index in [1.54, 1.807) is 18.2 Å². The lowest BCUT2D eigenvalue weighted by Gasteiger charge is -2.39. The van der Waals surface area contributed by atoms with E-state index >= 15 is 0 Å². The second-order valence-electron chi connectivity index (χ2n) is 8.27. The molecular formula is C24H29NO4. The molecule has 1 aliphatic heterocycles. The second kappa shape index (κ2) is 9.23. The van der Waals surface area contributed by atoms with E-state index < -0.39 is 5.97 Å². The van der Waals surface area contributed by atoms with Crippen molar-refractivity contribution in [3.8, 4) is 0 Å². The number of carbonyl (C=O) groups is 2. The van der Waals surface area contributed by atoms with E-state index in [1.165, 1.54) is 11.6 Å². The Morgan fingerprint density at radius 1 is 1.10 bits per heavy atom. The molecule has 2 atom stereocenters. The molecule has 0 bridgehead atoms. The monoisotopic (exact) mass is 395 g/mol. The largest absolute Gasteiger partial charge is 0.478 e. The van der Waals surface area contributed by atoms with Gasteiger partial charge in [-0.3, -0.25) is 4.79 Å². The zero-order valence-corrected chi connectivity index (χ0v) is 17.1. The molecule has 29 heavy (non-hydrogen) atoms. The van der Waals surface area contributed by atoms with Gasteiger partial charge in [0, 0.05) is 13.2 Å². The van der Waals surface area contributed by atoms with E-state index in [1.807, 2.05) is 6.07 Å². The number of ether oxygens (including phenoxy) is 1. The van der Waals surface area contributed by atoms with Crippen LogP contribution in [0, 0.1) is 5.92 Å². The number of rotatable bonds is 7. The lowest BCUT2D eigenvalue weighted by Crippen LogP contribution is -2.37. The number of amides is 1. The first-order chi connectivity index (χ1) is 13.9. The summed E-state index contributed by atoms with van der Waals surface area (Å²) >= 11 is 0. The van der Waals surface area contributed by atoms with Crippen molar-refractivity contribution in [2.75, 3.05) is 13.2 Å². The minimum absolute atomic E-state index is 0.0239. The van der Waals surface area contributed by atoms with E-state index in [0.29, 0.717) is 18.4 Å². The van der Waals surface area contributed by atoms with Gasteiger partial charge in [-0.1, -0.05) is 42.5 Å². The van der Waals surface area contributed by atoms with Crippen LogP contribution < -0.4 is 5.32 Å². The summed E-state index contributed by atoms with van der Waals surface area (Å²) < 4.78 is 5.89. The molecule has 0 aromatic heterocycles. The molecule has 1 amide bonds. The molecule has 0 aliphatic carbocycles. The highest BCUT2D eigenvalue weighted by molar-refractivity contribution is 6.04. The third kappa shape index (κ3) is 5.45. The number of benzene rings is 2. The Balaban J connectivity index is 1.69. The van der Waals surface area contributed by atoms with E-state index in [2.05, 4.69) is 43.4 Å². The quantitative estimate of drug-likeness (QED) is 0.724. The van der Waals surface area contributed by atoms with Crippen molar-refractivity contribution < 1.29 is 19.4 Å². The van der Waals surface area contributed by atoms with Gasteiger partial charge in [0.15, 0.2) is 0 Å². The summed E-state index contributed by atoms with van der Waals surface area (Å²) in [6.45, 7) is 5.50.